The van der Waals surface area contributed by atoms with Crippen LogP contribution in [0.2, 0.25) is 0 Å². The number of thioether (sulfide) groups is 1. The number of hydrogen-bond donors (Lipinski definition) is 0. The number of nitriles is 1. The molecule has 13 heavy (non-hydrogen) atoms. The first-order valence-corrected chi connectivity index (χ1v) is 4.92. The van der Waals surface area contributed by atoms with Crippen molar-refractivity contribution in [2.45, 2.75) is 11.9 Å². The summed E-state index contributed by atoms with van der Waals surface area (Å²) in [6.45, 7) is 1.76. The minimum Gasteiger partial charge on any atom is -0.232 e. The smallest absolute Gasteiger partial charge is 0.115 e. The molecule has 64 valence electrons. The molecule has 1 heterocycles. The fourth-order valence-corrected chi connectivity index (χ4v) is 1.40. The van der Waals surface area contributed by atoms with Crippen LogP contribution >= 0.6 is 11.8 Å². The monoisotopic (exact) mass is 188 g/mol. The van der Waals surface area contributed by atoms with Crippen LogP contribution < -0.4 is 0 Å². The zero-order valence-electron chi connectivity index (χ0n) is 7.46. The molecule has 0 aliphatic rings. The lowest BCUT2D eigenvalue weighted by atomic mass is 10.3. The molecular weight excluding hydrogens is 180 g/mol. The first kappa shape index (κ1) is 9.64. The lowest BCUT2D eigenvalue weighted by Crippen LogP contribution is -1.89. The average Bonchev–Trinajstić information content (AvgIpc) is 2.18. The first-order chi connectivity index (χ1) is 6.31. The van der Waals surface area contributed by atoms with Gasteiger partial charge in [-0.25, -0.2) is 4.98 Å². The molecular formula is C10H8N2S. The van der Waals surface area contributed by atoms with Gasteiger partial charge < -0.3 is 0 Å². The van der Waals surface area contributed by atoms with Crippen LogP contribution in [0.1, 0.15) is 18.2 Å². The topological polar surface area (TPSA) is 36.7 Å². The summed E-state index contributed by atoms with van der Waals surface area (Å²) < 4.78 is 0. The van der Waals surface area contributed by atoms with E-state index in [-0.39, 0.29) is 0 Å². The Labute approximate surface area is 82.0 Å². The van der Waals surface area contributed by atoms with Gasteiger partial charge in [0.2, 0.25) is 0 Å². The van der Waals surface area contributed by atoms with Crippen LogP contribution in [0.4, 0.5) is 0 Å². The fourth-order valence-electron chi connectivity index (χ4n) is 0.879. The van der Waals surface area contributed by atoms with Crippen LogP contribution in [-0.2, 0) is 0 Å². The molecule has 0 amide bonds. The molecule has 0 aliphatic carbocycles. The first-order valence-electron chi connectivity index (χ1n) is 3.69. The van der Waals surface area contributed by atoms with E-state index in [0.29, 0.717) is 11.3 Å². The van der Waals surface area contributed by atoms with Crippen molar-refractivity contribution in [3.8, 4) is 17.9 Å². The van der Waals surface area contributed by atoms with Gasteiger partial charge in [-0.2, -0.15) is 5.26 Å². The lowest BCUT2D eigenvalue weighted by Gasteiger charge is -1.98. The fraction of sp³-hybridized carbons (Fsp3) is 0.200. The Balaban J connectivity index is 3.20. The van der Waals surface area contributed by atoms with E-state index in [1.54, 1.807) is 19.1 Å². The molecule has 1 aromatic heterocycles. The van der Waals surface area contributed by atoms with Crippen LogP contribution in [0.3, 0.4) is 0 Å². The molecule has 0 bridgehead atoms. The summed E-state index contributed by atoms with van der Waals surface area (Å²) in [5.41, 5.74) is 1.32. The molecule has 2 nitrogen and oxygen atoms in total. The Hall–Kier alpha value is -1.45. The molecule has 1 rings (SSSR count). The lowest BCUT2D eigenvalue weighted by molar-refractivity contribution is 1.09. The van der Waals surface area contributed by atoms with Crippen molar-refractivity contribution in [2.24, 2.45) is 0 Å². The van der Waals surface area contributed by atoms with Gasteiger partial charge in [-0.1, -0.05) is 5.92 Å². The molecule has 0 aliphatic heterocycles. The molecule has 0 saturated heterocycles. The highest BCUT2D eigenvalue weighted by Crippen LogP contribution is 2.16. The van der Waals surface area contributed by atoms with E-state index in [1.165, 1.54) is 11.8 Å². The minimum atomic E-state index is 0.606. The number of hydrogen-bond acceptors (Lipinski definition) is 3. The zero-order chi connectivity index (χ0) is 9.68. The SMILES string of the molecule is CC#Cc1ccc(C#N)c(SC)n1. The van der Waals surface area contributed by atoms with E-state index in [1.807, 2.05) is 6.26 Å². The third-order valence-corrected chi connectivity index (χ3v) is 2.13. The van der Waals surface area contributed by atoms with Crippen molar-refractivity contribution in [1.82, 2.24) is 4.98 Å². The van der Waals surface area contributed by atoms with Crippen molar-refractivity contribution < 1.29 is 0 Å². The number of pyridine rings is 1. The Kier molecular flexibility index (Phi) is 3.37. The van der Waals surface area contributed by atoms with Crippen molar-refractivity contribution in [3.05, 3.63) is 23.4 Å². The van der Waals surface area contributed by atoms with E-state index < -0.39 is 0 Å². The molecule has 1 aromatic rings. The molecule has 0 spiro atoms. The zero-order valence-corrected chi connectivity index (χ0v) is 8.27. The normalized spacial score (nSPS) is 8.38. The Morgan fingerprint density at radius 2 is 2.23 bits per heavy atom. The summed E-state index contributed by atoms with van der Waals surface area (Å²) in [7, 11) is 0. The molecule has 0 saturated carbocycles. The van der Waals surface area contributed by atoms with Gasteiger partial charge in [0.25, 0.3) is 0 Å². The number of rotatable bonds is 1. The van der Waals surface area contributed by atoms with Crippen LogP contribution in [-0.4, -0.2) is 11.2 Å². The van der Waals surface area contributed by atoms with Crippen molar-refractivity contribution in [2.75, 3.05) is 6.26 Å². The van der Waals surface area contributed by atoms with Gasteiger partial charge in [0, 0.05) is 0 Å². The standard InChI is InChI=1S/C10H8N2S/c1-3-4-9-6-5-8(7-11)10(12-9)13-2/h5-6H,1-2H3. The summed E-state index contributed by atoms with van der Waals surface area (Å²) in [6.07, 6.45) is 1.90. The Bertz CT molecular complexity index is 407. The maximum Gasteiger partial charge on any atom is 0.115 e. The van der Waals surface area contributed by atoms with Gasteiger partial charge in [-0.05, 0) is 31.2 Å². The minimum absolute atomic E-state index is 0.606. The van der Waals surface area contributed by atoms with Gasteiger partial charge in [-0.3, -0.25) is 0 Å². The third-order valence-electron chi connectivity index (χ3n) is 1.43. The van der Waals surface area contributed by atoms with Gasteiger partial charge in [0.1, 0.15) is 16.8 Å². The predicted octanol–water partition coefficient (Wildman–Crippen LogP) is 2.05. The maximum absolute atomic E-state index is 8.73. The van der Waals surface area contributed by atoms with Crippen molar-refractivity contribution in [1.29, 1.82) is 5.26 Å². The summed E-state index contributed by atoms with van der Waals surface area (Å²) in [5.74, 6) is 5.62. The van der Waals surface area contributed by atoms with E-state index in [9.17, 15) is 0 Å². The highest BCUT2D eigenvalue weighted by atomic mass is 32.2. The van der Waals surface area contributed by atoms with E-state index in [0.717, 1.165) is 5.03 Å². The molecule has 0 radical (unpaired) electrons. The average molecular weight is 188 g/mol. The van der Waals surface area contributed by atoms with Crippen molar-refractivity contribution in [3.63, 3.8) is 0 Å². The molecule has 3 heteroatoms. The quantitative estimate of drug-likeness (QED) is 0.500. The van der Waals surface area contributed by atoms with E-state index in [2.05, 4.69) is 22.9 Å². The van der Waals surface area contributed by atoms with E-state index in [4.69, 9.17) is 5.26 Å². The molecule has 0 N–H and O–H groups in total. The summed E-state index contributed by atoms with van der Waals surface area (Å²) >= 11 is 1.46. The highest BCUT2D eigenvalue weighted by molar-refractivity contribution is 7.98. The summed E-state index contributed by atoms with van der Waals surface area (Å²) in [4.78, 5) is 4.22. The third kappa shape index (κ3) is 2.24. The van der Waals surface area contributed by atoms with Crippen LogP contribution in [0.5, 0.6) is 0 Å². The largest absolute Gasteiger partial charge is 0.232 e. The second-order valence-corrected chi connectivity index (χ2v) is 3.04. The highest BCUT2D eigenvalue weighted by Gasteiger charge is 2.01. The second kappa shape index (κ2) is 4.54. The molecule has 0 fully saturated rings. The van der Waals surface area contributed by atoms with Crippen LogP contribution in [0.25, 0.3) is 0 Å². The maximum atomic E-state index is 8.73. The predicted molar refractivity (Wildman–Crippen MR) is 53.3 cm³/mol. The van der Waals surface area contributed by atoms with Crippen molar-refractivity contribution >= 4 is 11.8 Å². The number of aromatic nitrogens is 1. The summed E-state index contributed by atoms with van der Waals surface area (Å²) in [5, 5.41) is 9.47. The Morgan fingerprint density at radius 3 is 2.77 bits per heavy atom. The van der Waals surface area contributed by atoms with E-state index >= 15 is 0 Å². The van der Waals surface area contributed by atoms with Gasteiger partial charge >= 0.3 is 0 Å². The van der Waals surface area contributed by atoms with Crippen LogP contribution in [0, 0.1) is 23.2 Å². The molecule has 0 unspecified atom stereocenters. The number of nitrogens with zero attached hydrogens (tertiary/aromatic N) is 2. The van der Waals surface area contributed by atoms with Gasteiger partial charge in [-0.15, -0.1) is 11.8 Å². The Morgan fingerprint density at radius 1 is 1.46 bits per heavy atom. The second-order valence-electron chi connectivity index (χ2n) is 2.24. The van der Waals surface area contributed by atoms with Crippen LogP contribution in [0.15, 0.2) is 17.2 Å². The van der Waals surface area contributed by atoms with Gasteiger partial charge in [0.05, 0.1) is 5.56 Å². The molecule has 0 aromatic carbocycles. The molecule has 0 atom stereocenters. The summed E-state index contributed by atoms with van der Waals surface area (Å²) in [6, 6.07) is 5.59. The van der Waals surface area contributed by atoms with Gasteiger partial charge in [0.15, 0.2) is 0 Å².